The summed E-state index contributed by atoms with van der Waals surface area (Å²) in [6.45, 7) is 4.08. The fraction of sp³-hybridized carbons (Fsp3) is 0.226. The maximum atomic E-state index is 14.0. The van der Waals surface area contributed by atoms with E-state index in [0.29, 0.717) is 34.7 Å². The molecule has 3 heterocycles. The van der Waals surface area contributed by atoms with Crippen LogP contribution in [0.1, 0.15) is 46.3 Å². The number of nitrogen functional groups attached to an aromatic ring is 1. The SMILES string of the molecule is Cc1cc2cc(C)c1CCOC(=O)Nc1cccc(c1)[C@@H](CC(=O)O)NC(=O)[C@@H]2Nc1ccc2c(N)nccc2c1. The number of anilines is 3. The number of amides is 2. The summed E-state index contributed by atoms with van der Waals surface area (Å²) >= 11 is 0. The Morgan fingerprint density at radius 1 is 1.07 bits per heavy atom. The van der Waals surface area contributed by atoms with Crippen molar-refractivity contribution in [2.24, 2.45) is 0 Å². The lowest BCUT2D eigenvalue weighted by Gasteiger charge is -2.26. The molecule has 0 spiro atoms. The fourth-order valence-corrected chi connectivity index (χ4v) is 5.26. The Hall–Kier alpha value is -5.12. The normalized spacial score (nSPS) is 17.4. The maximum Gasteiger partial charge on any atom is 0.411 e. The molecule has 0 fully saturated rings. The van der Waals surface area contributed by atoms with Crippen molar-refractivity contribution >= 4 is 45.9 Å². The molecule has 4 bridgehead atoms. The number of ether oxygens (including phenoxy) is 1. The van der Waals surface area contributed by atoms with Crippen molar-refractivity contribution < 1.29 is 24.2 Å². The molecule has 0 unspecified atom stereocenters. The first-order valence-electron chi connectivity index (χ1n) is 13.2. The van der Waals surface area contributed by atoms with E-state index >= 15 is 0 Å². The summed E-state index contributed by atoms with van der Waals surface area (Å²) < 4.78 is 5.42. The predicted molar refractivity (Wildman–Crippen MR) is 157 cm³/mol. The zero-order valence-electron chi connectivity index (χ0n) is 22.7. The number of rotatable bonds is 4. The molecule has 210 valence electrons. The van der Waals surface area contributed by atoms with Gasteiger partial charge < -0.3 is 26.2 Å². The van der Waals surface area contributed by atoms with Gasteiger partial charge in [0.05, 0.1) is 19.1 Å². The van der Waals surface area contributed by atoms with Crippen LogP contribution in [0.4, 0.5) is 22.0 Å². The van der Waals surface area contributed by atoms with Crippen LogP contribution in [0, 0.1) is 13.8 Å². The molecule has 6 N–H and O–H groups in total. The van der Waals surface area contributed by atoms with Gasteiger partial charge in [0.15, 0.2) is 0 Å². The summed E-state index contributed by atoms with van der Waals surface area (Å²) in [6.07, 6.45) is 1.17. The lowest BCUT2D eigenvalue weighted by Crippen LogP contribution is -2.37. The van der Waals surface area contributed by atoms with E-state index in [4.69, 9.17) is 10.5 Å². The number of pyridine rings is 1. The van der Waals surface area contributed by atoms with E-state index in [2.05, 4.69) is 20.9 Å². The van der Waals surface area contributed by atoms with Crippen LogP contribution in [-0.4, -0.2) is 34.7 Å². The van der Waals surface area contributed by atoms with Crippen LogP contribution < -0.4 is 21.7 Å². The molecule has 4 aromatic rings. The number of carboxylic acids is 1. The molecular formula is C31H31N5O5. The van der Waals surface area contributed by atoms with Crippen molar-refractivity contribution in [2.75, 3.05) is 23.0 Å². The Bertz CT molecular complexity index is 1630. The minimum absolute atomic E-state index is 0.172. The molecule has 41 heavy (non-hydrogen) atoms. The molecule has 2 atom stereocenters. The number of carboxylic acid groups (broad SMARTS) is 1. The van der Waals surface area contributed by atoms with Crippen molar-refractivity contribution in [3.63, 3.8) is 0 Å². The number of benzene rings is 3. The van der Waals surface area contributed by atoms with Gasteiger partial charge in [0.25, 0.3) is 0 Å². The quantitative estimate of drug-likeness (QED) is 0.236. The number of hydrogen-bond donors (Lipinski definition) is 5. The van der Waals surface area contributed by atoms with E-state index in [0.717, 1.165) is 27.5 Å². The lowest BCUT2D eigenvalue weighted by molar-refractivity contribution is -0.137. The number of aliphatic carboxylic acids is 1. The summed E-state index contributed by atoms with van der Waals surface area (Å²) in [4.78, 5) is 42.4. The topological polar surface area (TPSA) is 156 Å². The number of hydrogen-bond acceptors (Lipinski definition) is 7. The van der Waals surface area contributed by atoms with Gasteiger partial charge in [0.1, 0.15) is 11.9 Å². The number of carbonyl (C=O) groups is 3. The highest BCUT2D eigenvalue weighted by Crippen LogP contribution is 2.30. The Morgan fingerprint density at radius 3 is 2.61 bits per heavy atom. The van der Waals surface area contributed by atoms with Crippen LogP contribution in [0.5, 0.6) is 0 Å². The zero-order chi connectivity index (χ0) is 29.1. The van der Waals surface area contributed by atoms with Gasteiger partial charge in [-0.1, -0.05) is 24.3 Å². The van der Waals surface area contributed by atoms with E-state index in [1.807, 2.05) is 50.2 Å². The lowest BCUT2D eigenvalue weighted by atomic mass is 9.93. The van der Waals surface area contributed by atoms with Crippen LogP contribution in [0.3, 0.4) is 0 Å². The van der Waals surface area contributed by atoms with Crippen molar-refractivity contribution in [2.45, 2.75) is 38.8 Å². The van der Waals surface area contributed by atoms with Gasteiger partial charge >= 0.3 is 12.1 Å². The molecule has 3 aromatic carbocycles. The molecule has 0 radical (unpaired) electrons. The van der Waals surface area contributed by atoms with Gasteiger partial charge in [-0.15, -0.1) is 0 Å². The molecule has 2 amide bonds. The highest BCUT2D eigenvalue weighted by atomic mass is 16.5. The summed E-state index contributed by atoms with van der Waals surface area (Å²) in [7, 11) is 0. The van der Waals surface area contributed by atoms with Crippen LogP contribution in [-0.2, 0) is 20.7 Å². The van der Waals surface area contributed by atoms with E-state index < -0.39 is 30.1 Å². The standard InChI is InChI=1S/C31H31N5O5/c1-17-12-21-13-18(2)24(17)9-11-41-31(40)35-22-5-3-4-20(15-22)26(16-27(37)38)36-30(39)28(21)34-23-6-7-25-19(14-23)8-10-33-29(25)32/h3-8,10,12-15,26,28,34H,9,11,16H2,1-2H3,(H2,32,33)(H,35,40)(H,36,39)(H,37,38)/t26-,28-/m1/s1. The van der Waals surface area contributed by atoms with Gasteiger partial charge in [-0.25, -0.2) is 9.78 Å². The second-order valence-corrected chi connectivity index (χ2v) is 10.1. The third-order valence-corrected chi connectivity index (χ3v) is 7.24. The number of aromatic nitrogens is 1. The fourth-order valence-electron chi connectivity index (χ4n) is 5.26. The van der Waals surface area contributed by atoms with E-state index in [1.54, 1.807) is 30.5 Å². The van der Waals surface area contributed by atoms with Crippen LogP contribution in [0.25, 0.3) is 10.8 Å². The second-order valence-electron chi connectivity index (χ2n) is 10.1. The first-order chi connectivity index (χ1) is 19.7. The Labute approximate surface area is 236 Å². The average Bonchev–Trinajstić information content (AvgIpc) is 2.92. The van der Waals surface area contributed by atoms with Crippen molar-refractivity contribution in [3.8, 4) is 0 Å². The van der Waals surface area contributed by atoms with Gasteiger partial charge in [0, 0.05) is 29.4 Å². The molecule has 1 aromatic heterocycles. The van der Waals surface area contributed by atoms with E-state index in [-0.39, 0.29) is 13.0 Å². The number of nitrogens with zero attached hydrogens (tertiary/aromatic N) is 1. The largest absolute Gasteiger partial charge is 0.481 e. The van der Waals surface area contributed by atoms with Crippen LogP contribution in [0.2, 0.25) is 0 Å². The van der Waals surface area contributed by atoms with Crippen molar-refractivity contribution in [3.05, 3.63) is 94.7 Å². The third kappa shape index (κ3) is 6.22. The van der Waals surface area contributed by atoms with Gasteiger partial charge in [-0.2, -0.15) is 0 Å². The Morgan fingerprint density at radius 2 is 1.85 bits per heavy atom. The third-order valence-electron chi connectivity index (χ3n) is 7.24. The van der Waals surface area contributed by atoms with Crippen LogP contribution >= 0.6 is 0 Å². The zero-order valence-corrected chi connectivity index (χ0v) is 22.7. The first kappa shape index (κ1) is 27.4. The van der Waals surface area contributed by atoms with Gasteiger partial charge in [0.2, 0.25) is 5.91 Å². The van der Waals surface area contributed by atoms with Gasteiger partial charge in [-0.05, 0) is 83.4 Å². The average molecular weight is 554 g/mol. The smallest absolute Gasteiger partial charge is 0.411 e. The van der Waals surface area contributed by atoms with Crippen molar-refractivity contribution in [1.29, 1.82) is 0 Å². The predicted octanol–water partition coefficient (Wildman–Crippen LogP) is 5.02. The number of nitrogens with one attached hydrogen (secondary N) is 3. The summed E-state index contributed by atoms with van der Waals surface area (Å²) in [5.74, 6) is -1.07. The van der Waals surface area contributed by atoms with Gasteiger partial charge in [-0.3, -0.25) is 14.9 Å². The molecule has 2 aliphatic heterocycles. The summed E-state index contributed by atoms with van der Waals surface area (Å²) in [5.41, 5.74) is 11.3. The molecule has 0 saturated heterocycles. The molecule has 2 aliphatic rings. The minimum atomic E-state index is -1.08. The van der Waals surface area contributed by atoms with Crippen molar-refractivity contribution in [1.82, 2.24) is 10.3 Å². The molecule has 10 nitrogen and oxygen atoms in total. The number of carbonyl (C=O) groups excluding carboxylic acids is 2. The number of fused-ring (bicyclic) bond motifs is 10. The molecular weight excluding hydrogens is 522 g/mol. The second kappa shape index (κ2) is 11.5. The highest BCUT2D eigenvalue weighted by Gasteiger charge is 2.27. The Balaban J connectivity index is 1.59. The molecule has 0 saturated carbocycles. The molecule has 6 rings (SSSR count). The van der Waals surface area contributed by atoms with Crippen LogP contribution in [0.15, 0.2) is 66.9 Å². The maximum absolute atomic E-state index is 14.0. The summed E-state index contributed by atoms with van der Waals surface area (Å²) in [5, 5.41) is 20.3. The Kier molecular flexibility index (Phi) is 7.73. The van der Waals surface area contributed by atoms with E-state index in [1.165, 1.54) is 0 Å². The monoisotopic (exact) mass is 553 g/mol. The highest BCUT2D eigenvalue weighted by molar-refractivity contribution is 5.94. The first-order valence-corrected chi connectivity index (χ1v) is 13.2. The molecule has 0 aliphatic carbocycles. The van der Waals surface area contributed by atoms with E-state index in [9.17, 15) is 19.5 Å². The minimum Gasteiger partial charge on any atom is -0.481 e. The summed E-state index contributed by atoms with van der Waals surface area (Å²) in [6, 6.07) is 16.3. The molecule has 10 heteroatoms. The number of nitrogens with two attached hydrogens (primary N) is 1. The number of aryl methyl sites for hydroxylation is 2.